The van der Waals surface area contributed by atoms with Crippen molar-refractivity contribution in [1.82, 2.24) is 5.43 Å². The zero-order chi connectivity index (χ0) is 15.5. The van der Waals surface area contributed by atoms with Gasteiger partial charge in [-0.15, -0.1) is 0 Å². The quantitative estimate of drug-likeness (QED) is 0.654. The van der Waals surface area contributed by atoms with Crippen LogP contribution in [0.2, 0.25) is 5.02 Å². The molecule has 0 radical (unpaired) electrons. The SMILES string of the molecule is CS(=O)(=O)c1cccc(C(Cc2ccccc2Cl)NN)c1. The molecule has 1 unspecified atom stereocenters. The Morgan fingerprint density at radius 2 is 1.90 bits per heavy atom. The number of hydrazine groups is 1. The van der Waals surface area contributed by atoms with Crippen molar-refractivity contribution in [2.24, 2.45) is 5.84 Å². The first-order valence-electron chi connectivity index (χ1n) is 6.41. The summed E-state index contributed by atoms with van der Waals surface area (Å²) in [7, 11) is -3.24. The van der Waals surface area contributed by atoms with Gasteiger partial charge >= 0.3 is 0 Å². The minimum Gasteiger partial charge on any atom is -0.271 e. The van der Waals surface area contributed by atoms with Crippen LogP contribution in [0.1, 0.15) is 17.2 Å². The van der Waals surface area contributed by atoms with Crippen molar-refractivity contribution in [3.05, 3.63) is 64.7 Å². The van der Waals surface area contributed by atoms with Gasteiger partial charge in [0.2, 0.25) is 0 Å². The molecule has 0 aliphatic heterocycles. The predicted octanol–water partition coefficient (Wildman–Crippen LogP) is 2.49. The van der Waals surface area contributed by atoms with Crippen LogP contribution in [0.15, 0.2) is 53.4 Å². The van der Waals surface area contributed by atoms with Gasteiger partial charge in [-0.25, -0.2) is 8.42 Å². The van der Waals surface area contributed by atoms with E-state index in [-0.39, 0.29) is 10.9 Å². The van der Waals surface area contributed by atoms with Crippen molar-refractivity contribution in [3.63, 3.8) is 0 Å². The Balaban J connectivity index is 2.32. The summed E-state index contributed by atoms with van der Waals surface area (Å²) in [4.78, 5) is 0.277. The first-order chi connectivity index (χ1) is 9.91. The van der Waals surface area contributed by atoms with Crippen LogP contribution in [0.3, 0.4) is 0 Å². The van der Waals surface area contributed by atoms with Gasteiger partial charge in [0.1, 0.15) is 0 Å². The smallest absolute Gasteiger partial charge is 0.175 e. The maximum Gasteiger partial charge on any atom is 0.175 e. The number of benzene rings is 2. The van der Waals surface area contributed by atoms with Crippen LogP contribution in [0, 0.1) is 0 Å². The first kappa shape index (κ1) is 16.0. The van der Waals surface area contributed by atoms with E-state index >= 15 is 0 Å². The van der Waals surface area contributed by atoms with Crippen molar-refractivity contribution in [2.75, 3.05) is 6.26 Å². The number of hydrogen-bond acceptors (Lipinski definition) is 4. The minimum absolute atomic E-state index is 0.216. The molecule has 0 aliphatic carbocycles. The van der Waals surface area contributed by atoms with Gasteiger partial charge < -0.3 is 0 Å². The fourth-order valence-corrected chi connectivity index (χ4v) is 3.01. The van der Waals surface area contributed by atoms with Crippen LogP contribution in [0.4, 0.5) is 0 Å². The van der Waals surface area contributed by atoms with Gasteiger partial charge in [0.25, 0.3) is 0 Å². The maximum absolute atomic E-state index is 11.6. The van der Waals surface area contributed by atoms with E-state index in [1.165, 1.54) is 6.26 Å². The number of nitrogens with one attached hydrogen (secondary N) is 1. The average Bonchev–Trinajstić information content (AvgIpc) is 2.46. The Morgan fingerprint density at radius 3 is 2.52 bits per heavy atom. The van der Waals surface area contributed by atoms with Gasteiger partial charge in [0, 0.05) is 11.3 Å². The summed E-state index contributed by atoms with van der Waals surface area (Å²) >= 11 is 6.15. The van der Waals surface area contributed by atoms with E-state index in [1.54, 1.807) is 18.2 Å². The van der Waals surface area contributed by atoms with Gasteiger partial charge in [-0.2, -0.15) is 0 Å². The number of nitrogens with two attached hydrogens (primary N) is 1. The highest BCUT2D eigenvalue weighted by Gasteiger charge is 2.15. The number of halogens is 1. The zero-order valence-corrected chi connectivity index (χ0v) is 13.2. The number of sulfone groups is 1. The average molecular weight is 325 g/mol. The second-order valence-electron chi connectivity index (χ2n) is 4.86. The molecule has 0 amide bonds. The van der Waals surface area contributed by atoms with E-state index in [1.807, 2.05) is 30.3 Å². The molecule has 112 valence electrons. The van der Waals surface area contributed by atoms with Gasteiger partial charge in [-0.3, -0.25) is 11.3 Å². The molecular formula is C15H17ClN2O2S. The Kier molecular flexibility index (Phi) is 5.00. The van der Waals surface area contributed by atoms with Gasteiger partial charge in [0.05, 0.1) is 10.9 Å². The third kappa shape index (κ3) is 4.04. The van der Waals surface area contributed by atoms with E-state index < -0.39 is 9.84 Å². The molecule has 4 nitrogen and oxygen atoms in total. The zero-order valence-electron chi connectivity index (χ0n) is 11.6. The molecule has 0 saturated carbocycles. The summed E-state index contributed by atoms with van der Waals surface area (Å²) in [6, 6.07) is 14.1. The molecule has 2 aromatic carbocycles. The van der Waals surface area contributed by atoms with Gasteiger partial charge in [0.15, 0.2) is 9.84 Å². The first-order valence-corrected chi connectivity index (χ1v) is 8.68. The highest BCUT2D eigenvalue weighted by atomic mass is 35.5. The van der Waals surface area contributed by atoms with E-state index in [0.717, 1.165) is 11.1 Å². The third-order valence-corrected chi connectivity index (χ3v) is 4.75. The topological polar surface area (TPSA) is 72.2 Å². The van der Waals surface area contributed by atoms with E-state index in [2.05, 4.69) is 5.43 Å². The molecule has 0 heterocycles. The normalized spacial score (nSPS) is 13.1. The standard InChI is InChI=1S/C15H17ClN2O2S/c1-21(19,20)13-7-4-6-12(9-13)15(18-17)10-11-5-2-3-8-14(11)16/h2-9,15,18H,10,17H2,1H3. The van der Waals surface area contributed by atoms with Crippen LogP contribution in [0.25, 0.3) is 0 Å². The molecule has 0 spiro atoms. The molecule has 6 heteroatoms. The summed E-state index contributed by atoms with van der Waals surface area (Å²) in [6.45, 7) is 0. The lowest BCUT2D eigenvalue weighted by molar-refractivity contribution is 0.550. The monoisotopic (exact) mass is 324 g/mol. The largest absolute Gasteiger partial charge is 0.271 e. The van der Waals surface area contributed by atoms with Gasteiger partial charge in [-0.1, -0.05) is 41.9 Å². The van der Waals surface area contributed by atoms with Crippen LogP contribution >= 0.6 is 11.6 Å². The van der Waals surface area contributed by atoms with E-state index in [0.29, 0.717) is 11.4 Å². The molecule has 0 bridgehead atoms. The van der Waals surface area contributed by atoms with Crippen molar-refractivity contribution in [2.45, 2.75) is 17.4 Å². The van der Waals surface area contributed by atoms with Crippen LogP contribution < -0.4 is 11.3 Å². The summed E-state index contributed by atoms with van der Waals surface area (Å²) in [6.07, 6.45) is 1.76. The lowest BCUT2D eigenvalue weighted by atomic mass is 9.99. The fourth-order valence-electron chi connectivity index (χ4n) is 2.12. The highest BCUT2D eigenvalue weighted by molar-refractivity contribution is 7.90. The predicted molar refractivity (Wildman–Crippen MR) is 84.8 cm³/mol. The molecule has 0 fully saturated rings. The molecule has 1 atom stereocenters. The lowest BCUT2D eigenvalue weighted by Crippen LogP contribution is -2.29. The molecule has 0 aromatic heterocycles. The Labute approximate surface area is 129 Å². The fraction of sp³-hybridized carbons (Fsp3) is 0.200. The number of rotatable bonds is 5. The molecule has 21 heavy (non-hydrogen) atoms. The summed E-state index contributed by atoms with van der Waals surface area (Å²) in [5, 5.41) is 0.664. The Bertz CT molecular complexity index is 732. The van der Waals surface area contributed by atoms with Crippen molar-refractivity contribution < 1.29 is 8.42 Å². The van der Waals surface area contributed by atoms with E-state index in [4.69, 9.17) is 17.4 Å². The number of hydrogen-bond donors (Lipinski definition) is 2. The lowest BCUT2D eigenvalue weighted by Gasteiger charge is -2.18. The van der Waals surface area contributed by atoms with Crippen molar-refractivity contribution in [1.29, 1.82) is 0 Å². The van der Waals surface area contributed by atoms with Crippen LogP contribution in [0.5, 0.6) is 0 Å². The van der Waals surface area contributed by atoms with Crippen LogP contribution in [-0.4, -0.2) is 14.7 Å². The summed E-state index contributed by atoms with van der Waals surface area (Å²) < 4.78 is 23.3. The van der Waals surface area contributed by atoms with Crippen molar-refractivity contribution >= 4 is 21.4 Å². The van der Waals surface area contributed by atoms with Gasteiger partial charge in [-0.05, 0) is 35.7 Å². The second-order valence-corrected chi connectivity index (χ2v) is 7.28. The molecule has 2 rings (SSSR count). The Morgan fingerprint density at radius 1 is 1.19 bits per heavy atom. The molecular weight excluding hydrogens is 308 g/mol. The van der Waals surface area contributed by atoms with Crippen LogP contribution in [-0.2, 0) is 16.3 Å². The Hall–Kier alpha value is -1.40. The molecule has 0 aliphatic rings. The molecule has 2 aromatic rings. The second kappa shape index (κ2) is 6.58. The van der Waals surface area contributed by atoms with E-state index in [9.17, 15) is 8.42 Å². The molecule has 3 N–H and O–H groups in total. The molecule has 0 saturated heterocycles. The summed E-state index contributed by atoms with van der Waals surface area (Å²) in [5.41, 5.74) is 4.48. The van der Waals surface area contributed by atoms with Crippen molar-refractivity contribution in [3.8, 4) is 0 Å². The summed E-state index contributed by atoms with van der Waals surface area (Å²) in [5.74, 6) is 5.62. The minimum atomic E-state index is -3.24. The maximum atomic E-state index is 11.6. The highest BCUT2D eigenvalue weighted by Crippen LogP contribution is 2.24. The third-order valence-electron chi connectivity index (χ3n) is 3.27.